The van der Waals surface area contributed by atoms with Crippen molar-refractivity contribution in [2.24, 2.45) is 0 Å². The molecule has 8 rings (SSSR count). The third kappa shape index (κ3) is 36.7. The number of hydrogen-bond acceptors (Lipinski definition) is 44. The minimum Gasteiger partial charge on any atom is -0.479 e. The van der Waals surface area contributed by atoms with Gasteiger partial charge in [-0.3, -0.25) is 28.8 Å². The molecule has 8 fully saturated rings. The quantitative estimate of drug-likeness (QED) is 0.0252. The number of nitrogens with one attached hydrogen (secondary N) is 6. The van der Waals surface area contributed by atoms with Crippen molar-refractivity contribution < 1.29 is 244 Å². The van der Waals surface area contributed by atoms with Crippen molar-refractivity contribution in [2.45, 2.75) is 399 Å². The predicted molar refractivity (Wildman–Crippen MR) is 454 cm³/mol. The normalized spacial score (nSPS) is 37.9. The Kier molecular flexibility index (Phi) is 52.6. The summed E-state index contributed by atoms with van der Waals surface area (Å²) in [5, 5.41) is 217. The number of carbonyl (C=O) groups is 10. The molecule has 0 aliphatic carbocycles. The van der Waals surface area contributed by atoms with Gasteiger partial charge in [-0.15, -0.1) is 0 Å². The highest BCUT2D eigenvalue weighted by atomic mass is 19.3. The van der Waals surface area contributed by atoms with Gasteiger partial charge in [0.25, 0.3) is 5.92 Å². The van der Waals surface area contributed by atoms with Gasteiger partial charge in [-0.2, -0.15) is 0 Å². The van der Waals surface area contributed by atoms with Crippen LogP contribution in [0.4, 0.5) is 8.78 Å². The second kappa shape index (κ2) is 59.6. The van der Waals surface area contributed by atoms with Crippen molar-refractivity contribution in [1.82, 2.24) is 31.9 Å². The molecule has 0 aromatic rings. The highest BCUT2D eigenvalue weighted by molar-refractivity contribution is 5.77. The summed E-state index contributed by atoms with van der Waals surface area (Å²) in [5.74, 6) is -12.1. The smallest absolute Gasteiger partial charge is 0.335 e. The number of hydrogen-bond donors (Lipinski definition) is 26. The number of aliphatic hydroxyl groups excluding tert-OH is 16. The summed E-state index contributed by atoms with van der Waals surface area (Å²) in [6.07, 6.45) is -49.8. The maximum Gasteiger partial charge on any atom is 0.335 e. The van der Waals surface area contributed by atoms with Crippen LogP contribution in [0.1, 0.15) is 147 Å². The fourth-order valence-corrected chi connectivity index (χ4v) is 15.0. The first-order valence-electron chi connectivity index (χ1n) is 45.6. The van der Waals surface area contributed by atoms with Crippen molar-refractivity contribution >= 4 is 59.3 Å². The molecule has 54 nitrogen and oxygen atoms in total. The molecule has 0 radical (unpaired) electrons. The zero-order valence-electron chi connectivity index (χ0n) is 78.9. The van der Waals surface area contributed by atoms with Crippen molar-refractivity contribution in [2.75, 3.05) is 65.9 Å². The number of carboxylic acid groups (broad SMARTS) is 4. The van der Waals surface area contributed by atoms with Crippen LogP contribution < -0.4 is 31.9 Å². The Morgan fingerprint density at radius 2 is 0.561 bits per heavy atom. The lowest BCUT2D eigenvalue weighted by atomic mass is 9.96. The van der Waals surface area contributed by atoms with Gasteiger partial charge in [0.15, 0.2) is 74.7 Å². The number of aliphatic carboxylic acids is 4. The van der Waals surface area contributed by atoms with Crippen molar-refractivity contribution in [1.29, 1.82) is 0 Å². The van der Waals surface area contributed by atoms with E-state index in [2.05, 4.69) is 38.8 Å². The largest absolute Gasteiger partial charge is 0.479 e. The van der Waals surface area contributed by atoms with Gasteiger partial charge in [0, 0.05) is 66.7 Å². The van der Waals surface area contributed by atoms with Crippen LogP contribution in [0.5, 0.6) is 0 Å². The van der Waals surface area contributed by atoms with E-state index in [0.717, 1.165) is 51.9 Å². The number of unbranched alkanes of at least 4 members (excludes halogenated alkanes) is 4. The fraction of sp³-hybridized carbons (Fsp3) is 0.880. The Hall–Kier alpha value is -6.80. The molecule has 26 N–H and O–H groups in total. The molecule has 8 aliphatic rings. The van der Waals surface area contributed by atoms with E-state index < -0.39 is 312 Å². The van der Waals surface area contributed by atoms with E-state index >= 15 is 0 Å². The van der Waals surface area contributed by atoms with E-state index in [1.807, 2.05) is 13.8 Å². The Balaban J connectivity index is 0.000000328. The van der Waals surface area contributed by atoms with Crippen molar-refractivity contribution in [3.63, 3.8) is 0 Å². The molecule has 0 aromatic carbocycles. The lowest BCUT2D eigenvalue weighted by Gasteiger charge is -2.46. The minimum atomic E-state index is -3.30. The number of aliphatic hydroxyl groups is 16. The van der Waals surface area contributed by atoms with Crippen LogP contribution in [0, 0.1) is 0 Å². The fourth-order valence-electron chi connectivity index (χ4n) is 15.0. The number of rotatable bonds is 45. The Bertz CT molecular complexity index is 3740. The molecule has 8 heterocycles. The third-order valence-corrected chi connectivity index (χ3v) is 22.8. The molecule has 139 heavy (non-hydrogen) atoms. The van der Waals surface area contributed by atoms with Gasteiger partial charge in [-0.25, -0.2) is 28.0 Å². The Morgan fingerprint density at radius 1 is 0.295 bits per heavy atom. The van der Waals surface area contributed by atoms with E-state index in [1.165, 1.54) is 55.4 Å². The van der Waals surface area contributed by atoms with Gasteiger partial charge in [0.1, 0.15) is 153 Å². The van der Waals surface area contributed by atoms with E-state index in [9.17, 15) is 159 Å². The first-order chi connectivity index (χ1) is 65.3. The van der Waals surface area contributed by atoms with Crippen molar-refractivity contribution in [3.05, 3.63) is 0 Å². The van der Waals surface area contributed by atoms with Gasteiger partial charge < -0.3 is 219 Å². The molecule has 806 valence electrons. The maximum atomic E-state index is 13.7. The van der Waals surface area contributed by atoms with Crippen LogP contribution >= 0.6 is 0 Å². The topological polar surface area (TPSA) is 814 Å². The highest BCUT2D eigenvalue weighted by Gasteiger charge is 2.59. The maximum absolute atomic E-state index is 13.7. The second-order valence-electron chi connectivity index (χ2n) is 34.0. The number of ether oxygens (including phenoxy) is 18. The van der Waals surface area contributed by atoms with Crippen molar-refractivity contribution in [3.8, 4) is 0 Å². The first kappa shape index (κ1) is 123. The van der Waals surface area contributed by atoms with Gasteiger partial charge in [0.2, 0.25) is 35.4 Å². The van der Waals surface area contributed by atoms with Gasteiger partial charge in [-0.1, -0.05) is 53.4 Å². The molecule has 8 aliphatic heterocycles. The summed E-state index contributed by atoms with van der Waals surface area (Å²) in [4.78, 5) is 116. The molecule has 0 saturated carbocycles. The summed E-state index contributed by atoms with van der Waals surface area (Å²) in [6, 6.07) is -5.12. The SMILES string of the molecule is CCC(F)(F)CO[C@@H]1OC(C(=O)O)[C@@H](O)[C@H](O)C1O[C@@H]1OC(C)[C@@H](O)[C@H](O)C1NC(C)=O.CCCCC(=O)NCCOCCO[C@@H]1OC(C(=O)O)[C@@H](O)[C@H](O)C1O[C@@H]1OC(C)[C@@H](O)[C@H](O)C1NC(C)=O.CCCCCCC(=O)NCCO[C@@H]1OC(C(=O)O)[C@@H](O)[C@H](O)C1O[C@@H]1OC(C)[C@@H](O)[C@H](O)C1NC(C)=O.CCCOCCO[C@@H]1OC(C(=O)O)[C@@H](O)[C@H](O)C1O[C@@H]1OC(C)[C@@H](O)[C@H](O)C1NC(C)=O. The number of carboxylic acids is 4. The van der Waals surface area contributed by atoms with Crippen LogP contribution in [-0.2, 0) is 133 Å². The number of amides is 6. The molecule has 0 aromatic heterocycles. The van der Waals surface area contributed by atoms with E-state index in [4.69, 9.17) is 85.3 Å². The third-order valence-electron chi connectivity index (χ3n) is 22.8. The second-order valence-corrected chi connectivity index (χ2v) is 34.0. The summed E-state index contributed by atoms with van der Waals surface area (Å²) in [6.45, 7) is 17.3. The minimum absolute atomic E-state index is 0.0180. The van der Waals surface area contributed by atoms with Gasteiger partial charge >= 0.3 is 23.9 Å². The summed E-state index contributed by atoms with van der Waals surface area (Å²) < 4.78 is 126. The molecule has 40 atom stereocenters. The van der Waals surface area contributed by atoms with Crippen LogP contribution in [-0.4, -0.2) is 479 Å². The average molecular weight is 2030 g/mol. The Labute approximate surface area is 797 Å². The first-order valence-corrected chi connectivity index (χ1v) is 45.6. The van der Waals surface area contributed by atoms with E-state index in [0.29, 0.717) is 19.4 Å². The van der Waals surface area contributed by atoms with Crippen LogP contribution in [0.25, 0.3) is 0 Å². The molecule has 6 amide bonds. The molecular weight excluding hydrogens is 1890 g/mol. The molecule has 0 spiro atoms. The zero-order valence-corrected chi connectivity index (χ0v) is 78.9. The standard InChI is InChI=1S/C23H40N2O13.C23H40N2O12.C19H33NO12.C18H29F2NO11/c1-4-5-6-13(27)24-7-8-34-9-10-35-23-20(18(31)17(30)19(37-23)21(32)33)38-22-14(25-12(3)26)16(29)15(28)11(2)36-22;1-4-5-6-7-8-13(27)24-9-10-34-23-20(18(31)17(30)19(36-23)21(32)33)37-22-14(25-12(3)26)16(29)15(28)11(2)35-22;1-4-5-28-6-7-29-19-16(14(25)13(24)15(31-19)17(26)27)32-18-10(20-9(3)21)12(23)11(22)8(2)30-18;1-4-18(19,20)5-29-17-14(12(26)11(25)13(31-17)15(27)28)32-16-8(21-7(3)22)10(24)9(23)6(2)30-16/h11,14-20,22-23,28-31H,4-10H2,1-3H3,(H,24,27)(H,25,26)(H,32,33);11,14-20,22-23,28-31H,4-10H2,1-3H3,(H,24,27)(H,25,26)(H,32,33);8,10-16,18-19,22-25H,4-7H2,1-3H3,(H,20,21)(H,26,27);6,8-14,16-17,23-26H,4-5H2,1-3H3,(H,21,22)(H,27,28)/t2*11?,14?,15-,16-,17+,18+,19?,20?,22+,23-;8?,10?,11-,12-,13+,14+,15?,16?,18+,19-;6?,8?,9-,10-,11+,12+,13?,14?,16+,17-/m1111/s1. The van der Waals surface area contributed by atoms with Gasteiger partial charge in [-0.05, 0) is 47.0 Å². The lowest BCUT2D eigenvalue weighted by Crippen LogP contribution is -2.67. The molecule has 56 heteroatoms. The molecule has 8 saturated heterocycles. The monoisotopic (exact) mass is 2030 g/mol. The number of carbonyl (C=O) groups excluding carboxylic acids is 6. The van der Waals surface area contributed by atoms with Crippen LogP contribution in [0.3, 0.4) is 0 Å². The summed E-state index contributed by atoms with van der Waals surface area (Å²) >= 11 is 0. The summed E-state index contributed by atoms with van der Waals surface area (Å²) in [7, 11) is 0. The number of halogens is 2. The van der Waals surface area contributed by atoms with Gasteiger partial charge in [0.05, 0.1) is 64.1 Å². The van der Waals surface area contributed by atoms with Crippen LogP contribution in [0.15, 0.2) is 0 Å². The average Bonchev–Trinajstić information content (AvgIpc) is 0.788. The highest BCUT2D eigenvalue weighted by Crippen LogP contribution is 2.37. The van der Waals surface area contributed by atoms with E-state index in [1.54, 1.807) is 0 Å². The lowest BCUT2D eigenvalue weighted by molar-refractivity contribution is -0.353. The predicted octanol–water partition coefficient (Wildman–Crippen LogP) is -9.56. The zero-order chi connectivity index (χ0) is 104. The molecular formula is C83H142F2N6O48. The summed E-state index contributed by atoms with van der Waals surface area (Å²) in [5.41, 5.74) is 0. The van der Waals surface area contributed by atoms with E-state index in [-0.39, 0.29) is 64.5 Å². The van der Waals surface area contributed by atoms with Crippen LogP contribution in [0.2, 0.25) is 0 Å². The molecule has 16 unspecified atom stereocenters. The Morgan fingerprint density at radius 3 is 0.827 bits per heavy atom. The molecule has 0 bridgehead atoms. The number of alkyl halides is 2.